The van der Waals surface area contributed by atoms with E-state index in [0.717, 1.165) is 5.75 Å². The maximum absolute atomic E-state index is 12.4. The van der Waals surface area contributed by atoms with E-state index in [9.17, 15) is 9.59 Å². The predicted molar refractivity (Wildman–Crippen MR) is 89.1 cm³/mol. The summed E-state index contributed by atoms with van der Waals surface area (Å²) in [7, 11) is 1.60. The molecule has 0 aliphatic carbocycles. The Balaban J connectivity index is 1.49. The molecule has 0 bridgehead atoms. The van der Waals surface area contributed by atoms with E-state index in [-0.39, 0.29) is 17.4 Å². The third-order valence-electron chi connectivity index (χ3n) is 4.38. The van der Waals surface area contributed by atoms with Gasteiger partial charge in [-0.15, -0.1) is 0 Å². The van der Waals surface area contributed by atoms with Crippen LogP contribution in [0.4, 0.5) is 4.79 Å². The van der Waals surface area contributed by atoms with Gasteiger partial charge in [0, 0.05) is 37.2 Å². The van der Waals surface area contributed by atoms with Gasteiger partial charge in [-0.1, -0.05) is 0 Å². The Morgan fingerprint density at radius 1 is 1.00 bits per heavy atom. The molecular formula is C18H24N2O4. The van der Waals surface area contributed by atoms with Gasteiger partial charge in [0.05, 0.1) is 7.11 Å². The van der Waals surface area contributed by atoms with Crippen molar-refractivity contribution in [2.75, 3.05) is 33.3 Å². The second-order valence-corrected chi connectivity index (χ2v) is 7.73. The largest absolute Gasteiger partial charge is 0.497 e. The van der Waals surface area contributed by atoms with Crippen LogP contribution in [0.25, 0.3) is 0 Å². The fourth-order valence-electron chi connectivity index (χ4n) is 3.24. The first-order valence-electron chi connectivity index (χ1n) is 8.13. The van der Waals surface area contributed by atoms with Gasteiger partial charge in [0.15, 0.2) is 0 Å². The molecule has 0 saturated carbocycles. The van der Waals surface area contributed by atoms with E-state index in [2.05, 4.69) is 0 Å². The molecule has 1 spiro atoms. The van der Waals surface area contributed by atoms with Gasteiger partial charge in [-0.25, -0.2) is 4.79 Å². The molecule has 3 rings (SSSR count). The number of nitrogens with zero attached hydrogens (tertiary/aromatic N) is 2. The fourth-order valence-corrected chi connectivity index (χ4v) is 3.24. The van der Waals surface area contributed by atoms with Gasteiger partial charge in [0.2, 0.25) is 0 Å². The maximum atomic E-state index is 12.4. The summed E-state index contributed by atoms with van der Waals surface area (Å²) in [5, 5.41) is 0. The molecule has 130 valence electrons. The van der Waals surface area contributed by atoms with Crippen molar-refractivity contribution in [1.82, 2.24) is 9.80 Å². The summed E-state index contributed by atoms with van der Waals surface area (Å²) in [6, 6.07) is 7.13. The van der Waals surface area contributed by atoms with Crippen molar-refractivity contribution in [1.29, 1.82) is 0 Å². The molecule has 0 unspecified atom stereocenters. The molecule has 2 heterocycles. The van der Waals surface area contributed by atoms with Crippen molar-refractivity contribution in [3.63, 3.8) is 0 Å². The second-order valence-electron chi connectivity index (χ2n) is 7.73. The highest BCUT2D eigenvalue weighted by atomic mass is 16.6. The molecule has 1 aromatic carbocycles. The van der Waals surface area contributed by atoms with Gasteiger partial charge in [-0.05, 0) is 45.0 Å². The smallest absolute Gasteiger partial charge is 0.410 e. The first kappa shape index (κ1) is 16.6. The minimum atomic E-state index is -0.476. The van der Waals surface area contributed by atoms with E-state index in [1.165, 1.54) is 0 Å². The molecule has 2 aliphatic heterocycles. The van der Waals surface area contributed by atoms with Crippen LogP contribution in [0.3, 0.4) is 0 Å². The number of ether oxygens (including phenoxy) is 2. The topological polar surface area (TPSA) is 59.1 Å². The van der Waals surface area contributed by atoms with Gasteiger partial charge < -0.3 is 19.3 Å². The summed E-state index contributed by atoms with van der Waals surface area (Å²) in [6.07, 6.45) is -0.270. The van der Waals surface area contributed by atoms with Crippen LogP contribution in [0.15, 0.2) is 24.3 Å². The van der Waals surface area contributed by atoms with E-state index in [1.807, 2.05) is 25.7 Å². The fraction of sp³-hybridized carbons (Fsp3) is 0.556. The van der Waals surface area contributed by atoms with Crippen LogP contribution < -0.4 is 4.74 Å². The lowest BCUT2D eigenvalue weighted by atomic mass is 9.73. The third kappa shape index (κ3) is 3.18. The van der Waals surface area contributed by atoms with Crippen LogP contribution >= 0.6 is 0 Å². The summed E-state index contributed by atoms with van der Waals surface area (Å²) < 4.78 is 10.5. The molecule has 1 aromatic rings. The Labute approximate surface area is 142 Å². The quantitative estimate of drug-likeness (QED) is 0.834. The molecule has 0 radical (unpaired) electrons. The summed E-state index contributed by atoms with van der Waals surface area (Å²) in [6.45, 7) is 8.29. The van der Waals surface area contributed by atoms with Crippen LogP contribution in [-0.2, 0) is 4.74 Å². The molecule has 0 atom stereocenters. The van der Waals surface area contributed by atoms with E-state index < -0.39 is 5.60 Å². The zero-order chi connectivity index (χ0) is 17.5. The summed E-state index contributed by atoms with van der Waals surface area (Å²) >= 11 is 0. The monoisotopic (exact) mass is 332 g/mol. The van der Waals surface area contributed by atoms with Gasteiger partial charge in [0.1, 0.15) is 11.4 Å². The average Bonchev–Trinajstić information content (AvgIpc) is 2.42. The number of rotatable bonds is 2. The van der Waals surface area contributed by atoms with Crippen molar-refractivity contribution >= 4 is 12.0 Å². The molecule has 2 fully saturated rings. The molecule has 2 saturated heterocycles. The molecule has 2 amide bonds. The molecule has 2 aliphatic rings. The normalized spacial score (nSPS) is 18.7. The van der Waals surface area contributed by atoms with Crippen LogP contribution in [0.1, 0.15) is 31.1 Å². The average molecular weight is 332 g/mol. The Kier molecular flexibility index (Phi) is 3.94. The molecule has 0 aromatic heterocycles. The Morgan fingerprint density at radius 2 is 1.54 bits per heavy atom. The zero-order valence-electron chi connectivity index (χ0n) is 14.7. The van der Waals surface area contributed by atoms with E-state index in [0.29, 0.717) is 31.7 Å². The van der Waals surface area contributed by atoms with Crippen LogP contribution in [0.5, 0.6) is 5.75 Å². The van der Waals surface area contributed by atoms with Gasteiger partial charge in [0.25, 0.3) is 5.91 Å². The number of carbonyl (C=O) groups is 2. The van der Waals surface area contributed by atoms with Crippen LogP contribution in [0, 0.1) is 5.41 Å². The van der Waals surface area contributed by atoms with Gasteiger partial charge >= 0.3 is 6.09 Å². The van der Waals surface area contributed by atoms with Crippen LogP contribution in [0.2, 0.25) is 0 Å². The molecule has 0 N–H and O–H groups in total. The first-order valence-corrected chi connectivity index (χ1v) is 8.13. The van der Waals surface area contributed by atoms with Crippen molar-refractivity contribution in [3.05, 3.63) is 29.8 Å². The summed E-state index contributed by atoms with van der Waals surface area (Å²) in [4.78, 5) is 28.0. The van der Waals surface area contributed by atoms with E-state index >= 15 is 0 Å². The number of carbonyl (C=O) groups excluding carboxylic acids is 2. The molecule has 6 heteroatoms. The zero-order valence-corrected chi connectivity index (χ0v) is 14.7. The number of likely N-dealkylation sites (tertiary alicyclic amines) is 2. The van der Waals surface area contributed by atoms with Crippen molar-refractivity contribution in [2.24, 2.45) is 5.41 Å². The Hall–Kier alpha value is -2.24. The second kappa shape index (κ2) is 5.69. The lowest BCUT2D eigenvalue weighted by Crippen LogP contribution is -2.73. The lowest BCUT2D eigenvalue weighted by Gasteiger charge is -2.59. The third-order valence-corrected chi connectivity index (χ3v) is 4.38. The van der Waals surface area contributed by atoms with Crippen molar-refractivity contribution in [2.45, 2.75) is 26.4 Å². The maximum Gasteiger partial charge on any atom is 0.410 e. The lowest BCUT2D eigenvalue weighted by molar-refractivity contribution is -0.0980. The number of hydrogen-bond donors (Lipinski definition) is 0. The van der Waals surface area contributed by atoms with Crippen LogP contribution in [-0.4, -0.2) is 60.7 Å². The van der Waals surface area contributed by atoms with Crippen molar-refractivity contribution < 1.29 is 19.1 Å². The highest BCUT2D eigenvalue weighted by Crippen LogP contribution is 2.40. The summed E-state index contributed by atoms with van der Waals surface area (Å²) in [5.41, 5.74) is 0.239. The minimum absolute atomic E-state index is 0.0268. The van der Waals surface area contributed by atoms with E-state index in [4.69, 9.17) is 9.47 Å². The molecule has 24 heavy (non-hydrogen) atoms. The van der Waals surface area contributed by atoms with Crippen molar-refractivity contribution in [3.8, 4) is 5.75 Å². The molecular weight excluding hydrogens is 308 g/mol. The standard InChI is InChI=1S/C18H24N2O4/c1-17(2,3)24-16(22)20-11-18(12-20)9-19(10-18)15(21)13-5-7-14(23-4)8-6-13/h5-8H,9-12H2,1-4H3. The SMILES string of the molecule is COc1ccc(C(=O)N2CC3(CN(C(=O)OC(C)(C)C)C3)C2)cc1. The minimum Gasteiger partial charge on any atom is -0.497 e. The number of benzene rings is 1. The highest BCUT2D eigenvalue weighted by Gasteiger charge is 2.55. The van der Waals surface area contributed by atoms with Gasteiger partial charge in [-0.2, -0.15) is 0 Å². The number of methoxy groups -OCH3 is 1. The number of amides is 2. The van der Waals surface area contributed by atoms with E-state index in [1.54, 1.807) is 36.3 Å². The predicted octanol–water partition coefficient (Wildman–Crippen LogP) is 2.39. The van der Waals surface area contributed by atoms with Gasteiger partial charge in [-0.3, -0.25) is 4.79 Å². The summed E-state index contributed by atoms with van der Waals surface area (Å²) in [5.74, 6) is 0.762. The number of hydrogen-bond acceptors (Lipinski definition) is 4. The highest BCUT2D eigenvalue weighted by molar-refractivity contribution is 5.95. The Bertz CT molecular complexity index is 634. The first-order chi connectivity index (χ1) is 11.2. The Morgan fingerprint density at radius 3 is 2.04 bits per heavy atom. The molecule has 6 nitrogen and oxygen atoms in total.